The third kappa shape index (κ3) is 2.08. The summed E-state index contributed by atoms with van der Waals surface area (Å²) in [6.45, 7) is 3.42. The van der Waals surface area contributed by atoms with E-state index in [0.29, 0.717) is 11.6 Å². The summed E-state index contributed by atoms with van der Waals surface area (Å²) >= 11 is 0. The summed E-state index contributed by atoms with van der Waals surface area (Å²) in [5.41, 5.74) is 1.77. The number of nitro groups is 1. The molecule has 5 nitrogen and oxygen atoms in total. The molecule has 1 saturated carbocycles. The van der Waals surface area contributed by atoms with Gasteiger partial charge in [-0.1, -0.05) is 6.07 Å². The van der Waals surface area contributed by atoms with E-state index in [2.05, 4.69) is 4.90 Å². The molecule has 0 spiro atoms. The molecule has 1 aromatic carbocycles. The summed E-state index contributed by atoms with van der Waals surface area (Å²) in [7, 11) is 0. The van der Waals surface area contributed by atoms with E-state index >= 15 is 0 Å². The van der Waals surface area contributed by atoms with E-state index in [9.17, 15) is 15.2 Å². The first-order valence-electron chi connectivity index (χ1n) is 6.74. The van der Waals surface area contributed by atoms with Crippen LogP contribution in [0.1, 0.15) is 18.4 Å². The Morgan fingerprint density at radius 2 is 2.16 bits per heavy atom. The summed E-state index contributed by atoms with van der Waals surface area (Å²) in [6.07, 6.45) is 1.67. The zero-order valence-electron chi connectivity index (χ0n) is 11.0. The van der Waals surface area contributed by atoms with Crippen molar-refractivity contribution in [2.45, 2.75) is 25.9 Å². The molecule has 0 radical (unpaired) electrons. The molecular formula is C14H18N2O3. The quantitative estimate of drug-likeness (QED) is 0.654. The molecule has 0 aromatic heterocycles. The van der Waals surface area contributed by atoms with E-state index in [4.69, 9.17) is 0 Å². The van der Waals surface area contributed by atoms with Crippen LogP contribution in [-0.4, -0.2) is 29.2 Å². The number of fused-ring (bicyclic) bond motifs is 1. The second-order valence-corrected chi connectivity index (χ2v) is 5.72. The predicted molar refractivity (Wildman–Crippen MR) is 72.3 cm³/mol. The molecule has 3 atom stereocenters. The van der Waals surface area contributed by atoms with Crippen LogP contribution >= 0.6 is 0 Å². The third-order valence-corrected chi connectivity index (χ3v) is 4.49. The highest BCUT2D eigenvalue weighted by atomic mass is 16.6. The van der Waals surface area contributed by atoms with Crippen LogP contribution < -0.4 is 4.90 Å². The van der Waals surface area contributed by atoms with E-state index < -0.39 is 0 Å². The first kappa shape index (κ1) is 12.4. The van der Waals surface area contributed by atoms with Gasteiger partial charge in [-0.25, -0.2) is 0 Å². The number of anilines is 1. The van der Waals surface area contributed by atoms with E-state index in [0.717, 1.165) is 31.5 Å². The molecule has 1 aromatic rings. The van der Waals surface area contributed by atoms with Crippen LogP contribution in [0.25, 0.3) is 0 Å². The van der Waals surface area contributed by atoms with Crippen molar-refractivity contribution in [1.29, 1.82) is 0 Å². The lowest BCUT2D eigenvalue weighted by Gasteiger charge is -2.20. The van der Waals surface area contributed by atoms with Gasteiger partial charge in [0.1, 0.15) is 5.69 Å². The summed E-state index contributed by atoms with van der Waals surface area (Å²) in [6, 6.07) is 5.37. The lowest BCUT2D eigenvalue weighted by molar-refractivity contribution is -0.384. The first-order valence-corrected chi connectivity index (χ1v) is 6.74. The topological polar surface area (TPSA) is 66.6 Å². The van der Waals surface area contributed by atoms with Crippen molar-refractivity contribution in [1.82, 2.24) is 0 Å². The van der Waals surface area contributed by atoms with Crippen LogP contribution in [0, 0.1) is 28.9 Å². The van der Waals surface area contributed by atoms with Gasteiger partial charge in [-0.05, 0) is 37.3 Å². The molecule has 19 heavy (non-hydrogen) atoms. The van der Waals surface area contributed by atoms with Crippen molar-refractivity contribution in [2.24, 2.45) is 11.8 Å². The molecule has 3 rings (SSSR count). The lowest BCUT2D eigenvalue weighted by Crippen LogP contribution is -2.25. The fourth-order valence-corrected chi connectivity index (χ4v) is 3.48. The maximum Gasteiger partial charge on any atom is 0.292 e. The molecule has 5 heteroatoms. The Morgan fingerprint density at radius 3 is 2.84 bits per heavy atom. The van der Waals surface area contributed by atoms with Gasteiger partial charge in [0.15, 0.2) is 0 Å². The fraction of sp³-hybridized carbons (Fsp3) is 0.571. The van der Waals surface area contributed by atoms with Crippen molar-refractivity contribution in [3.63, 3.8) is 0 Å². The van der Waals surface area contributed by atoms with Crippen LogP contribution in [0.3, 0.4) is 0 Å². The fourth-order valence-electron chi connectivity index (χ4n) is 3.48. The first-order chi connectivity index (χ1) is 9.06. The zero-order chi connectivity index (χ0) is 13.6. The average molecular weight is 262 g/mol. The van der Waals surface area contributed by atoms with E-state index in [1.165, 1.54) is 0 Å². The Hall–Kier alpha value is -1.62. The number of aliphatic hydroxyl groups excluding tert-OH is 1. The largest absolute Gasteiger partial charge is 0.393 e. The van der Waals surface area contributed by atoms with Crippen molar-refractivity contribution >= 4 is 11.4 Å². The van der Waals surface area contributed by atoms with Crippen molar-refractivity contribution < 1.29 is 10.0 Å². The number of benzene rings is 1. The molecule has 3 unspecified atom stereocenters. The molecular weight excluding hydrogens is 244 g/mol. The van der Waals surface area contributed by atoms with Gasteiger partial charge in [-0.3, -0.25) is 10.1 Å². The molecule has 1 aliphatic carbocycles. The highest BCUT2D eigenvalue weighted by molar-refractivity contribution is 5.65. The van der Waals surface area contributed by atoms with Crippen LogP contribution in [0.4, 0.5) is 11.4 Å². The molecule has 1 aliphatic heterocycles. The van der Waals surface area contributed by atoms with Gasteiger partial charge in [0, 0.05) is 25.1 Å². The maximum absolute atomic E-state index is 11.2. The Bertz CT molecular complexity index is 517. The van der Waals surface area contributed by atoms with Crippen molar-refractivity contribution in [2.75, 3.05) is 18.0 Å². The Balaban J connectivity index is 1.90. The maximum atomic E-state index is 11.2. The van der Waals surface area contributed by atoms with Gasteiger partial charge in [-0.15, -0.1) is 0 Å². The minimum Gasteiger partial charge on any atom is -0.393 e. The molecule has 0 amide bonds. The smallest absolute Gasteiger partial charge is 0.292 e. The van der Waals surface area contributed by atoms with Gasteiger partial charge in [0.05, 0.1) is 11.0 Å². The monoisotopic (exact) mass is 262 g/mol. The minimum atomic E-state index is -0.313. The van der Waals surface area contributed by atoms with E-state index in [-0.39, 0.29) is 22.6 Å². The number of hydrogen-bond acceptors (Lipinski definition) is 4. The predicted octanol–water partition coefficient (Wildman–Crippen LogP) is 2.11. The molecule has 0 bridgehead atoms. The SMILES string of the molecule is Cc1ccc(N2CC3CCC(O)C3C2)c([N+](=O)[O-])c1. The van der Waals surface area contributed by atoms with Crippen molar-refractivity contribution in [3.05, 3.63) is 33.9 Å². The normalized spacial score (nSPS) is 29.6. The zero-order valence-corrected chi connectivity index (χ0v) is 11.0. The Kier molecular flexibility index (Phi) is 2.93. The molecule has 102 valence electrons. The summed E-state index contributed by atoms with van der Waals surface area (Å²) in [4.78, 5) is 12.9. The number of nitro benzene ring substituents is 1. The number of rotatable bonds is 2. The number of aliphatic hydroxyl groups is 1. The number of aryl methyl sites for hydroxylation is 1. The number of hydrogen-bond donors (Lipinski definition) is 1. The summed E-state index contributed by atoms with van der Waals surface area (Å²) in [5, 5.41) is 21.1. The Labute approximate surface area is 112 Å². The molecule has 1 N–H and O–H groups in total. The summed E-state index contributed by atoms with van der Waals surface area (Å²) < 4.78 is 0. The minimum absolute atomic E-state index is 0.175. The van der Waals surface area contributed by atoms with Crippen molar-refractivity contribution in [3.8, 4) is 0 Å². The van der Waals surface area contributed by atoms with E-state index in [1.807, 2.05) is 19.1 Å². The van der Waals surface area contributed by atoms with Gasteiger partial charge >= 0.3 is 0 Å². The van der Waals surface area contributed by atoms with Crippen LogP contribution in [0.2, 0.25) is 0 Å². The van der Waals surface area contributed by atoms with Gasteiger partial charge in [-0.2, -0.15) is 0 Å². The second-order valence-electron chi connectivity index (χ2n) is 5.72. The van der Waals surface area contributed by atoms with Gasteiger partial charge in [0.25, 0.3) is 5.69 Å². The summed E-state index contributed by atoms with van der Waals surface area (Å²) in [5.74, 6) is 0.761. The molecule has 2 aliphatic rings. The highest BCUT2D eigenvalue weighted by Crippen LogP contribution is 2.42. The molecule has 1 saturated heterocycles. The Morgan fingerprint density at radius 1 is 1.37 bits per heavy atom. The second kappa shape index (κ2) is 4.49. The van der Waals surface area contributed by atoms with Gasteiger partial charge < -0.3 is 10.0 Å². The van der Waals surface area contributed by atoms with Crippen LogP contribution in [-0.2, 0) is 0 Å². The average Bonchev–Trinajstić information content (AvgIpc) is 2.92. The standard InChI is InChI=1S/C14H18N2O3/c1-9-2-4-12(13(6-9)16(18)19)15-7-10-3-5-14(17)11(10)8-15/h2,4,6,10-11,14,17H,3,5,7-8H2,1H3. The lowest BCUT2D eigenvalue weighted by atomic mass is 10.00. The van der Waals surface area contributed by atoms with Crippen LogP contribution in [0.5, 0.6) is 0 Å². The molecule has 1 heterocycles. The number of nitrogens with zero attached hydrogens (tertiary/aromatic N) is 2. The van der Waals surface area contributed by atoms with Gasteiger partial charge in [0.2, 0.25) is 0 Å². The highest BCUT2D eigenvalue weighted by Gasteiger charge is 2.43. The van der Waals surface area contributed by atoms with Crippen LogP contribution in [0.15, 0.2) is 18.2 Å². The van der Waals surface area contributed by atoms with E-state index in [1.54, 1.807) is 6.07 Å². The third-order valence-electron chi connectivity index (χ3n) is 4.49. The molecule has 2 fully saturated rings.